The summed E-state index contributed by atoms with van der Waals surface area (Å²) >= 11 is 0. The Balaban J connectivity index is 1.62. The molecule has 2 aromatic rings. The van der Waals surface area contributed by atoms with Gasteiger partial charge in [0.1, 0.15) is 11.6 Å². The van der Waals surface area contributed by atoms with Crippen molar-refractivity contribution in [2.75, 3.05) is 36.4 Å². The van der Waals surface area contributed by atoms with Gasteiger partial charge in [-0.25, -0.2) is 0 Å². The van der Waals surface area contributed by atoms with Crippen LogP contribution in [0.2, 0.25) is 0 Å². The highest BCUT2D eigenvalue weighted by atomic mass is 16.3. The van der Waals surface area contributed by atoms with E-state index in [1.54, 1.807) is 0 Å². The van der Waals surface area contributed by atoms with E-state index in [0.29, 0.717) is 5.92 Å². The first-order valence-electron chi connectivity index (χ1n) is 10.5. The minimum atomic E-state index is -0.382. The predicted molar refractivity (Wildman–Crippen MR) is 113 cm³/mol. The predicted octanol–water partition coefficient (Wildman–Crippen LogP) is 4.11. The van der Waals surface area contributed by atoms with Gasteiger partial charge in [-0.05, 0) is 74.4 Å². The molecule has 2 saturated heterocycles. The molecule has 0 spiro atoms. The van der Waals surface area contributed by atoms with Gasteiger partial charge < -0.3 is 20.0 Å². The Kier molecular flexibility index (Phi) is 5.86. The topological polar surface area (TPSA) is 81.3 Å². The summed E-state index contributed by atoms with van der Waals surface area (Å²) in [6.45, 7) is 6.38. The standard InChI is InChI=1S/C23H28N4O2/c1-16-6-11-27(12-7-16)21-14-18(17-4-9-25-10-5-17)2-3-20(21)26-23(28)22-19(15-24)8-13-29-22/h2-3,8,13-14,16-17,25H,4-7,9-12H2,1H3,(H,26,28). The van der Waals surface area contributed by atoms with E-state index >= 15 is 0 Å². The Morgan fingerprint density at radius 1 is 1.21 bits per heavy atom. The Labute approximate surface area is 171 Å². The van der Waals surface area contributed by atoms with E-state index in [4.69, 9.17) is 4.42 Å². The SMILES string of the molecule is CC1CCN(c2cc(C3CCNCC3)ccc2NC(=O)c2occc2C#N)CC1. The van der Waals surface area contributed by atoms with E-state index in [1.807, 2.05) is 12.1 Å². The minimum Gasteiger partial charge on any atom is -0.458 e. The van der Waals surface area contributed by atoms with Gasteiger partial charge in [-0.1, -0.05) is 13.0 Å². The molecule has 1 aromatic heterocycles. The summed E-state index contributed by atoms with van der Waals surface area (Å²) in [4.78, 5) is 15.1. The molecule has 0 atom stereocenters. The fraction of sp³-hybridized carbons (Fsp3) is 0.478. The lowest BCUT2D eigenvalue weighted by molar-refractivity contribution is 0.0996. The number of carbonyl (C=O) groups excluding carboxylic acids is 1. The molecule has 2 N–H and O–H groups in total. The van der Waals surface area contributed by atoms with Crippen LogP contribution in [0.1, 0.15) is 60.2 Å². The molecular weight excluding hydrogens is 364 g/mol. The van der Waals surface area contributed by atoms with Crippen molar-refractivity contribution in [3.05, 3.63) is 47.4 Å². The smallest absolute Gasteiger partial charge is 0.292 e. The Hall–Kier alpha value is -2.78. The molecule has 1 aromatic carbocycles. The van der Waals surface area contributed by atoms with Gasteiger partial charge in [0.25, 0.3) is 5.91 Å². The summed E-state index contributed by atoms with van der Waals surface area (Å²) in [5.74, 6) is 0.970. The highest BCUT2D eigenvalue weighted by Crippen LogP contribution is 2.35. The summed E-state index contributed by atoms with van der Waals surface area (Å²) in [6.07, 6.45) is 5.96. The number of carbonyl (C=O) groups is 1. The highest BCUT2D eigenvalue weighted by molar-refractivity contribution is 6.05. The van der Waals surface area contributed by atoms with Crippen molar-refractivity contribution < 1.29 is 9.21 Å². The van der Waals surface area contributed by atoms with Crippen LogP contribution < -0.4 is 15.5 Å². The van der Waals surface area contributed by atoms with Crippen LogP contribution in [0.5, 0.6) is 0 Å². The van der Waals surface area contributed by atoms with Gasteiger partial charge in [0.15, 0.2) is 0 Å². The van der Waals surface area contributed by atoms with Crippen LogP contribution in [0.3, 0.4) is 0 Å². The maximum atomic E-state index is 12.7. The molecule has 6 heteroatoms. The Morgan fingerprint density at radius 3 is 2.69 bits per heavy atom. The van der Waals surface area contributed by atoms with E-state index < -0.39 is 0 Å². The zero-order chi connectivity index (χ0) is 20.2. The van der Waals surface area contributed by atoms with E-state index in [1.165, 1.54) is 17.9 Å². The van der Waals surface area contributed by atoms with E-state index in [0.717, 1.165) is 69.2 Å². The summed E-state index contributed by atoms with van der Waals surface area (Å²) in [5, 5.41) is 15.6. The number of hydrogen-bond acceptors (Lipinski definition) is 5. The summed E-state index contributed by atoms with van der Waals surface area (Å²) in [6, 6.07) is 9.93. The molecule has 0 unspecified atom stereocenters. The Morgan fingerprint density at radius 2 is 1.97 bits per heavy atom. The summed E-state index contributed by atoms with van der Waals surface area (Å²) in [7, 11) is 0. The minimum absolute atomic E-state index is 0.0631. The molecular formula is C23H28N4O2. The van der Waals surface area contributed by atoms with Gasteiger partial charge >= 0.3 is 0 Å². The number of nitriles is 1. The second-order valence-corrected chi connectivity index (χ2v) is 8.20. The van der Waals surface area contributed by atoms with Gasteiger partial charge in [-0.15, -0.1) is 0 Å². The van der Waals surface area contributed by atoms with E-state index in [2.05, 4.69) is 34.6 Å². The number of rotatable bonds is 4. The third-order valence-corrected chi connectivity index (χ3v) is 6.20. The highest BCUT2D eigenvalue weighted by Gasteiger charge is 2.23. The van der Waals surface area contributed by atoms with Crippen LogP contribution in [0, 0.1) is 17.2 Å². The van der Waals surface area contributed by atoms with Crippen LogP contribution in [0.4, 0.5) is 11.4 Å². The maximum absolute atomic E-state index is 12.7. The van der Waals surface area contributed by atoms with E-state index in [9.17, 15) is 10.1 Å². The van der Waals surface area contributed by atoms with Crippen LogP contribution >= 0.6 is 0 Å². The van der Waals surface area contributed by atoms with Gasteiger partial charge in [-0.3, -0.25) is 4.79 Å². The summed E-state index contributed by atoms with van der Waals surface area (Å²) < 4.78 is 5.25. The van der Waals surface area contributed by atoms with Crippen molar-refractivity contribution in [3.63, 3.8) is 0 Å². The number of benzene rings is 1. The quantitative estimate of drug-likeness (QED) is 0.818. The number of hydrogen-bond donors (Lipinski definition) is 2. The van der Waals surface area contributed by atoms with E-state index in [-0.39, 0.29) is 17.2 Å². The maximum Gasteiger partial charge on any atom is 0.292 e. The van der Waals surface area contributed by atoms with Gasteiger partial charge in [0, 0.05) is 13.1 Å². The largest absolute Gasteiger partial charge is 0.458 e. The lowest BCUT2D eigenvalue weighted by Gasteiger charge is -2.34. The third kappa shape index (κ3) is 4.30. The van der Waals surface area contributed by atoms with Crippen LogP contribution in [0.25, 0.3) is 0 Å². The average Bonchev–Trinajstić information content (AvgIpc) is 3.24. The molecule has 0 aliphatic carbocycles. The number of furan rings is 1. The number of amides is 1. The fourth-order valence-electron chi connectivity index (χ4n) is 4.33. The normalized spacial score (nSPS) is 18.4. The molecule has 0 radical (unpaired) electrons. The van der Waals surface area contributed by atoms with Crippen molar-refractivity contribution in [3.8, 4) is 6.07 Å². The van der Waals surface area contributed by atoms with Gasteiger partial charge in [0.2, 0.25) is 5.76 Å². The molecule has 1 amide bonds. The van der Waals surface area contributed by atoms with Crippen LogP contribution in [0.15, 0.2) is 34.9 Å². The number of piperidine rings is 2. The van der Waals surface area contributed by atoms with Crippen LogP contribution in [-0.2, 0) is 0 Å². The first-order chi connectivity index (χ1) is 14.2. The van der Waals surface area contributed by atoms with Crippen LogP contribution in [-0.4, -0.2) is 32.1 Å². The second-order valence-electron chi connectivity index (χ2n) is 8.20. The summed E-state index contributed by atoms with van der Waals surface area (Å²) in [5.41, 5.74) is 3.45. The fourth-order valence-corrected chi connectivity index (χ4v) is 4.33. The first-order valence-corrected chi connectivity index (χ1v) is 10.5. The molecule has 0 saturated carbocycles. The van der Waals surface area contributed by atoms with Gasteiger partial charge in [0.05, 0.1) is 17.6 Å². The Bertz CT molecular complexity index is 900. The zero-order valence-electron chi connectivity index (χ0n) is 16.9. The van der Waals surface area contributed by atoms with Crippen molar-refractivity contribution in [2.24, 2.45) is 5.92 Å². The molecule has 152 valence electrons. The van der Waals surface area contributed by atoms with Gasteiger partial charge in [-0.2, -0.15) is 5.26 Å². The number of nitrogens with zero attached hydrogens (tertiary/aromatic N) is 2. The van der Waals surface area contributed by atoms with Crippen molar-refractivity contribution in [1.29, 1.82) is 5.26 Å². The lowest BCUT2D eigenvalue weighted by Crippen LogP contribution is -2.34. The van der Waals surface area contributed by atoms with Crippen molar-refractivity contribution in [2.45, 2.75) is 38.5 Å². The molecule has 0 bridgehead atoms. The zero-order valence-corrected chi connectivity index (χ0v) is 16.9. The number of anilines is 2. The average molecular weight is 393 g/mol. The molecule has 2 aliphatic heterocycles. The first kappa shape index (κ1) is 19.5. The lowest BCUT2D eigenvalue weighted by atomic mass is 9.89. The van der Waals surface area contributed by atoms with Crippen molar-refractivity contribution >= 4 is 17.3 Å². The molecule has 4 rings (SSSR count). The molecule has 29 heavy (non-hydrogen) atoms. The third-order valence-electron chi connectivity index (χ3n) is 6.20. The van der Waals surface area contributed by atoms with Crippen molar-refractivity contribution in [1.82, 2.24) is 5.32 Å². The second kappa shape index (κ2) is 8.71. The monoisotopic (exact) mass is 392 g/mol. The molecule has 3 heterocycles. The number of nitrogens with one attached hydrogen (secondary N) is 2. The molecule has 6 nitrogen and oxygen atoms in total. The molecule has 2 aliphatic rings. The molecule has 2 fully saturated rings.